The molecule has 2 rings (SSSR count). The maximum absolute atomic E-state index is 11.2. The SMILES string of the molecule is O=C(NCCc1cscn1)NC1CC1. The molecular formula is C9H13N3OS. The van der Waals surface area contributed by atoms with Crippen molar-refractivity contribution in [2.45, 2.75) is 25.3 Å². The first-order chi connectivity index (χ1) is 6.84. The molecule has 1 aromatic rings. The number of carbonyl (C=O) groups is 1. The topological polar surface area (TPSA) is 54.0 Å². The smallest absolute Gasteiger partial charge is 0.315 e. The van der Waals surface area contributed by atoms with Crippen LogP contribution in [0, 0.1) is 0 Å². The van der Waals surface area contributed by atoms with Gasteiger partial charge in [-0.25, -0.2) is 9.78 Å². The maximum atomic E-state index is 11.2. The van der Waals surface area contributed by atoms with Crippen molar-refractivity contribution in [3.63, 3.8) is 0 Å². The zero-order chi connectivity index (χ0) is 9.80. The summed E-state index contributed by atoms with van der Waals surface area (Å²) in [5, 5.41) is 7.67. The van der Waals surface area contributed by atoms with Gasteiger partial charge in [0, 0.05) is 24.4 Å². The molecule has 0 bridgehead atoms. The molecule has 14 heavy (non-hydrogen) atoms. The number of amides is 2. The van der Waals surface area contributed by atoms with Gasteiger partial charge in [0.25, 0.3) is 0 Å². The van der Waals surface area contributed by atoms with E-state index in [4.69, 9.17) is 0 Å². The minimum Gasteiger partial charge on any atom is -0.338 e. The Labute approximate surface area is 86.7 Å². The summed E-state index contributed by atoms with van der Waals surface area (Å²) >= 11 is 1.58. The van der Waals surface area contributed by atoms with Crippen molar-refractivity contribution >= 4 is 17.4 Å². The van der Waals surface area contributed by atoms with Gasteiger partial charge in [0.1, 0.15) is 0 Å². The Morgan fingerprint density at radius 1 is 1.64 bits per heavy atom. The fourth-order valence-corrected chi connectivity index (χ4v) is 1.72. The summed E-state index contributed by atoms with van der Waals surface area (Å²) in [4.78, 5) is 15.3. The lowest BCUT2D eigenvalue weighted by Crippen LogP contribution is -2.37. The summed E-state index contributed by atoms with van der Waals surface area (Å²) in [6.45, 7) is 0.655. The monoisotopic (exact) mass is 211 g/mol. The molecule has 0 radical (unpaired) electrons. The van der Waals surface area contributed by atoms with Crippen molar-refractivity contribution in [2.75, 3.05) is 6.54 Å². The average molecular weight is 211 g/mol. The van der Waals surface area contributed by atoms with Crippen LogP contribution in [-0.2, 0) is 6.42 Å². The van der Waals surface area contributed by atoms with E-state index >= 15 is 0 Å². The number of hydrogen-bond acceptors (Lipinski definition) is 3. The second kappa shape index (κ2) is 4.41. The van der Waals surface area contributed by atoms with E-state index in [-0.39, 0.29) is 6.03 Å². The van der Waals surface area contributed by atoms with Crippen LogP contribution in [0.3, 0.4) is 0 Å². The van der Waals surface area contributed by atoms with Gasteiger partial charge in [0.05, 0.1) is 11.2 Å². The Hall–Kier alpha value is -1.10. The third-order valence-electron chi connectivity index (χ3n) is 2.06. The molecule has 1 heterocycles. The Morgan fingerprint density at radius 3 is 3.14 bits per heavy atom. The highest BCUT2D eigenvalue weighted by Crippen LogP contribution is 2.18. The highest BCUT2D eigenvalue weighted by molar-refractivity contribution is 7.07. The van der Waals surface area contributed by atoms with Crippen LogP contribution >= 0.6 is 11.3 Å². The third kappa shape index (κ3) is 2.99. The van der Waals surface area contributed by atoms with E-state index in [0.717, 1.165) is 25.0 Å². The van der Waals surface area contributed by atoms with Crippen molar-refractivity contribution in [1.29, 1.82) is 0 Å². The quantitative estimate of drug-likeness (QED) is 0.785. The molecule has 1 aliphatic carbocycles. The van der Waals surface area contributed by atoms with Crippen LogP contribution in [0.1, 0.15) is 18.5 Å². The van der Waals surface area contributed by atoms with Gasteiger partial charge in [-0.2, -0.15) is 0 Å². The molecular weight excluding hydrogens is 198 g/mol. The van der Waals surface area contributed by atoms with Crippen molar-refractivity contribution < 1.29 is 4.79 Å². The van der Waals surface area contributed by atoms with Gasteiger partial charge in [-0.3, -0.25) is 0 Å². The first kappa shape index (κ1) is 9.45. The van der Waals surface area contributed by atoms with E-state index in [2.05, 4.69) is 15.6 Å². The Morgan fingerprint density at radius 2 is 2.50 bits per heavy atom. The lowest BCUT2D eigenvalue weighted by molar-refractivity contribution is 0.240. The van der Waals surface area contributed by atoms with Crippen molar-refractivity contribution in [3.8, 4) is 0 Å². The van der Waals surface area contributed by atoms with Gasteiger partial charge in [0.2, 0.25) is 0 Å². The summed E-state index contributed by atoms with van der Waals surface area (Å²) < 4.78 is 0. The molecule has 1 saturated carbocycles. The fourth-order valence-electron chi connectivity index (χ4n) is 1.13. The zero-order valence-corrected chi connectivity index (χ0v) is 8.64. The lowest BCUT2D eigenvalue weighted by atomic mass is 10.3. The molecule has 0 atom stereocenters. The summed E-state index contributed by atoms with van der Waals surface area (Å²) in [7, 11) is 0. The molecule has 5 heteroatoms. The lowest BCUT2D eigenvalue weighted by Gasteiger charge is -2.04. The fraction of sp³-hybridized carbons (Fsp3) is 0.556. The average Bonchev–Trinajstić information content (AvgIpc) is 2.82. The van der Waals surface area contributed by atoms with Crippen LogP contribution in [-0.4, -0.2) is 23.6 Å². The number of carbonyl (C=O) groups excluding carboxylic acids is 1. The van der Waals surface area contributed by atoms with E-state index in [1.54, 1.807) is 16.8 Å². The molecule has 0 aliphatic heterocycles. The minimum atomic E-state index is -0.0530. The Balaban J connectivity index is 1.60. The molecule has 1 fully saturated rings. The number of nitrogens with zero attached hydrogens (tertiary/aromatic N) is 1. The Bertz CT molecular complexity index is 295. The van der Waals surface area contributed by atoms with E-state index in [0.29, 0.717) is 12.6 Å². The second-order valence-electron chi connectivity index (χ2n) is 3.40. The van der Waals surface area contributed by atoms with Crippen LogP contribution in [0.15, 0.2) is 10.9 Å². The molecule has 76 valence electrons. The van der Waals surface area contributed by atoms with Crippen LogP contribution < -0.4 is 10.6 Å². The predicted molar refractivity (Wildman–Crippen MR) is 55.4 cm³/mol. The molecule has 0 spiro atoms. The van der Waals surface area contributed by atoms with Crippen LogP contribution in [0.2, 0.25) is 0 Å². The highest BCUT2D eigenvalue weighted by atomic mass is 32.1. The van der Waals surface area contributed by atoms with Crippen molar-refractivity contribution in [3.05, 3.63) is 16.6 Å². The highest BCUT2D eigenvalue weighted by Gasteiger charge is 2.22. The van der Waals surface area contributed by atoms with Gasteiger partial charge in [-0.15, -0.1) is 11.3 Å². The van der Waals surface area contributed by atoms with Crippen molar-refractivity contribution in [1.82, 2.24) is 15.6 Å². The van der Waals surface area contributed by atoms with Crippen molar-refractivity contribution in [2.24, 2.45) is 0 Å². The summed E-state index contributed by atoms with van der Waals surface area (Å²) in [6.07, 6.45) is 3.06. The molecule has 1 aromatic heterocycles. The Kier molecular flexibility index (Phi) is 2.98. The molecule has 4 nitrogen and oxygen atoms in total. The predicted octanol–water partition coefficient (Wildman–Crippen LogP) is 1.15. The first-order valence-electron chi connectivity index (χ1n) is 4.76. The summed E-state index contributed by atoms with van der Waals surface area (Å²) in [6, 6.07) is 0.372. The van der Waals surface area contributed by atoms with Gasteiger partial charge >= 0.3 is 6.03 Å². The largest absolute Gasteiger partial charge is 0.338 e. The third-order valence-corrected chi connectivity index (χ3v) is 2.70. The molecule has 2 amide bonds. The summed E-state index contributed by atoms with van der Waals surface area (Å²) in [5.74, 6) is 0. The molecule has 0 unspecified atom stereocenters. The number of hydrogen-bond donors (Lipinski definition) is 2. The number of rotatable bonds is 4. The van der Waals surface area contributed by atoms with Crippen LogP contribution in [0.5, 0.6) is 0 Å². The van der Waals surface area contributed by atoms with E-state index < -0.39 is 0 Å². The minimum absolute atomic E-state index is 0.0530. The molecule has 2 N–H and O–H groups in total. The zero-order valence-electron chi connectivity index (χ0n) is 7.82. The normalized spacial score (nSPS) is 15.1. The van der Waals surface area contributed by atoms with Gasteiger partial charge in [0.15, 0.2) is 0 Å². The second-order valence-corrected chi connectivity index (χ2v) is 4.12. The molecule has 0 saturated heterocycles. The summed E-state index contributed by atoms with van der Waals surface area (Å²) in [5.41, 5.74) is 2.85. The first-order valence-corrected chi connectivity index (χ1v) is 5.70. The van der Waals surface area contributed by atoms with Gasteiger partial charge in [-0.05, 0) is 12.8 Å². The molecule has 1 aliphatic rings. The van der Waals surface area contributed by atoms with Crippen LogP contribution in [0.4, 0.5) is 4.79 Å². The van der Waals surface area contributed by atoms with E-state index in [1.165, 1.54) is 0 Å². The maximum Gasteiger partial charge on any atom is 0.315 e. The van der Waals surface area contributed by atoms with Gasteiger partial charge in [-0.1, -0.05) is 0 Å². The number of thiazole rings is 1. The van der Waals surface area contributed by atoms with Crippen LogP contribution in [0.25, 0.3) is 0 Å². The van der Waals surface area contributed by atoms with E-state index in [9.17, 15) is 4.79 Å². The number of urea groups is 1. The standard InChI is InChI=1S/C9H13N3OS/c13-9(12-7-1-2-7)10-4-3-8-5-14-6-11-8/h5-7H,1-4H2,(H2,10,12,13). The van der Waals surface area contributed by atoms with E-state index in [1.807, 2.05) is 5.38 Å². The molecule has 0 aromatic carbocycles. The number of nitrogens with one attached hydrogen (secondary N) is 2. The van der Waals surface area contributed by atoms with Gasteiger partial charge < -0.3 is 10.6 Å². The number of aromatic nitrogens is 1.